The third-order valence-electron chi connectivity index (χ3n) is 2.96. The first-order valence-electron chi connectivity index (χ1n) is 6.51. The summed E-state index contributed by atoms with van der Waals surface area (Å²) in [7, 11) is 1.63. The van der Waals surface area contributed by atoms with Crippen molar-refractivity contribution in [2.24, 2.45) is 0 Å². The summed E-state index contributed by atoms with van der Waals surface area (Å²) in [6, 6.07) is 11.1. The SMILES string of the molecule is COc1cc(C)nc(COc2ccc(C(C)O)cc2)c1. The van der Waals surface area contributed by atoms with E-state index in [1.807, 2.05) is 43.3 Å². The lowest BCUT2D eigenvalue weighted by molar-refractivity contribution is 0.199. The van der Waals surface area contributed by atoms with Crippen molar-refractivity contribution in [1.29, 1.82) is 0 Å². The topological polar surface area (TPSA) is 51.6 Å². The van der Waals surface area contributed by atoms with Gasteiger partial charge in [-0.05, 0) is 31.5 Å². The monoisotopic (exact) mass is 273 g/mol. The molecular formula is C16H19NO3. The van der Waals surface area contributed by atoms with Crippen molar-refractivity contribution < 1.29 is 14.6 Å². The molecule has 0 aliphatic carbocycles. The van der Waals surface area contributed by atoms with Crippen LogP contribution in [0.2, 0.25) is 0 Å². The van der Waals surface area contributed by atoms with Crippen LogP contribution in [-0.2, 0) is 6.61 Å². The fourth-order valence-corrected chi connectivity index (χ4v) is 1.89. The zero-order chi connectivity index (χ0) is 14.5. The van der Waals surface area contributed by atoms with E-state index in [1.165, 1.54) is 0 Å². The molecule has 0 bridgehead atoms. The summed E-state index contributed by atoms with van der Waals surface area (Å²) < 4.78 is 10.9. The smallest absolute Gasteiger partial charge is 0.130 e. The van der Waals surface area contributed by atoms with Gasteiger partial charge in [-0.15, -0.1) is 0 Å². The number of aromatic nitrogens is 1. The van der Waals surface area contributed by atoms with E-state index < -0.39 is 6.10 Å². The number of ether oxygens (including phenoxy) is 2. The fourth-order valence-electron chi connectivity index (χ4n) is 1.89. The molecule has 2 aromatic rings. The van der Waals surface area contributed by atoms with Crippen LogP contribution < -0.4 is 9.47 Å². The number of hydrogen-bond donors (Lipinski definition) is 1. The summed E-state index contributed by atoms with van der Waals surface area (Å²) in [6.07, 6.45) is -0.466. The van der Waals surface area contributed by atoms with Gasteiger partial charge in [0, 0.05) is 17.8 Å². The maximum Gasteiger partial charge on any atom is 0.130 e. The number of aryl methyl sites for hydroxylation is 1. The summed E-state index contributed by atoms with van der Waals surface area (Å²) in [5.74, 6) is 1.53. The number of aliphatic hydroxyl groups is 1. The molecule has 1 atom stereocenters. The quantitative estimate of drug-likeness (QED) is 0.909. The van der Waals surface area contributed by atoms with E-state index in [1.54, 1.807) is 14.0 Å². The summed E-state index contributed by atoms with van der Waals surface area (Å²) in [5, 5.41) is 9.45. The lowest BCUT2D eigenvalue weighted by Gasteiger charge is -2.09. The molecule has 4 nitrogen and oxygen atoms in total. The molecule has 1 heterocycles. The molecule has 0 amide bonds. The van der Waals surface area contributed by atoms with Crippen molar-refractivity contribution in [1.82, 2.24) is 4.98 Å². The molecule has 1 N–H and O–H groups in total. The van der Waals surface area contributed by atoms with Crippen LogP contribution in [0.1, 0.15) is 30.0 Å². The van der Waals surface area contributed by atoms with Crippen molar-refractivity contribution in [3.63, 3.8) is 0 Å². The Hall–Kier alpha value is -2.07. The first-order chi connectivity index (χ1) is 9.58. The summed E-state index contributed by atoms with van der Waals surface area (Å²) in [4.78, 5) is 4.40. The van der Waals surface area contributed by atoms with E-state index >= 15 is 0 Å². The second-order valence-corrected chi connectivity index (χ2v) is 4.67. The van der Waals surface area contributed by atoms with Crippen LogP contribution in [0.3, 0.4) is 0 Å². The molecule has 20 heavy (non-hydrogen) atoms. The lowest BCUT2D eigenvalue weighted by Crippen LogP contribution is -2.01. The summed E-state index contributed by atoms with van der Waals surface area (Å²) in [6.45, 7) is 4.04. The molecule has 4 heteroatoms. The Morgan fingerprint density at radius 2 is 1.85 bits per heavy atom. The highest BCUT2D eigenvalue weighted by molar-refractivity contribution is 5.29. The minimum absolute atomic E-state index is 0.381. The molecule has 0 radical (unpaired) electrons. The second kappa shape index (κ2) is 6.39. The predicted octanol–water partition coefficient (Wildman–Crippen LogP) is 3.03. The van der Waals surface area contributed by atoms with Gasteiger partial charge in [0.15, 0.2) is 0 Å². The highest BCUT2D eigenvalue weighted by Gasteiger charge is 2.03. The number of nitrogens with zero attached hydrogens (tertiary/aromatic N) is 1. The number of benzene rings is 1. The molecule has 106 valence electrons. The maximum absolute atomic E-state index is 9.45. The van der Waals surface area contributed by atoms with Gasteiger partial charge >= 0.3 is 0 Å². The number of hydrogen-bond acceptors (Lipinski definition) is 4. The van der Waals surface area contributed by atoms with Gasteiger partial charge in [-0.25, -0.2) is 0 Å². The minimum atomic E-state index is -0.466. The molecule has 0 saturated heterocycles. The standard InChI is InChI=1S/C16H19NO3/c1-11-8-16(19-3)9-14(17-11)10-20-15-6-4-13(5-7-15)12(2)18/h4-9,12,18H,10H2,1-3H3. The molecule has 0 aliphatic heterocycles. The van der Waals surface area contributed by atoms with Gasteiger partial charge in [0.25, 0.3) is 0 Å². The molecule has 0 saturated carbocycles. The number of pyridine rings is 1. The highest BCUT2D eigenvalue weighted by Crippen LogP contribution is 2.19. The van der Waals surface area contributed by atoms with Crippen LogP contribution in [-0.4, -0.2) is 17.2 Å². The predicted molar refractivity (Wildman–Crippen MR) is 76.9 cm³/mol. The van der Waals surface area contributed by atoms with Crippen molar-refractivity contribution >= 4 is 0 Å². The maximum atomic E-state index is 9.45. The van der Waals surface area contributed by atoms with E-state index in [4.69, 9.17) is 9.47 Å². The van der Waals surface area contributed by atoms with Gasteiger partial charge in [0.1, 0.15) is 18.1 Å². The number of aliphatic hydroxyl groups excluding tert-OH is 1. The average Bonchev–Trinajstić information content (AvgIpc) is 2.45. The van der Waals surface area contributed by atoms with Crippen LogP contribution in [0, 0.1) is 6.92 Å². The van der Waals surface area contributed by atoms with Gasteiger partial charge in [-0.3, -0.25) is 4.98 Å². The first-order valence-corrected chi connectivity index (χ1v) is 6.51. The lowest BCUT2D eigenvalue weighted by atomic mass is 10.1. The molecule has 1 aromatic carbocycles. The second-order valence-electron chi connectivity index (χ2n) is 4.67. The Morgan fingerprint density at radius 3 is 2.45 bits per heavy atom. The largest absolute Gasteiger partial charge is 0.497 e. The normalized spacial score (nSPS) is 12.0. The van der Waals surface area contributed by atoms with Crippen molar-refractivity contribution in [2.45, 2.75) is 26.6 Å². The number of methoxy groups -OCH3 is 1. The van der Waals surface area contributed by atoms with Gasteiger partial charge in [0.2, 0.25) is 0 Å². The molecule has 0 aliphatic rings. The molecular weight excluding hydrogens is 254 g/mol. The fraction of sp³-hybridized carbons (Fsp3) is 0.312. The Bertz CT molecular complexity index is 564. The van der Waals surface area contributed by atoms with E-state index in [0.29, 0.717) is 6.61 Å². The Balaban J connectivity index is 2.03. The third-order valence-corrected chi connectivity index (χ3v) is 2.96. The molecule has 2 rings (SSSR count). The van der Waals surface area contributed by atoms with Gasteiger partial charge in [0.05, 0.1) is 18.9 Å². The van der Waals surface area contributed by atoms with Crippen LogP contribution >= 0.6 is 0 Å². The molecule has 1 aromatic heterocycles. The third kappa shape index (κ3) is 3.71. The zero-order valence-corrected chi connectivity index (χ0v) is 12.0. The van der Waals surface area contributed by atoms with Crippen LogP contribution in [0.5, 0.6) is 11.5 Å². The van der Waals surface area contributed by atoms with E-state index in [-0.39, 0.29) is 0 Å². The average molecular weight is 273 g/mol. The van der Waals surface area contributed by atoms with Crippen LogP contribution in [0.15, 0.2) is 36.4 Å². The van der Waals surface area contributed by atoms with E-state index in [0.717, 1.165) is 28.5 Å². The van der Waals surface area contributed by atoms with E-state index in [2.05, 4.69) is 4.98 Å². The van der Waals surface area contributed by atoms with Gasteiger partial charge < -0.3 is 14.6 Å². The van der Waals surface area contributed by atoms with Crippen LogP contribution in [0.4, 0.5) is 0 Å². The van der Waals surface area contributed by atoms with Gasteiger partial charge in [-0.1, -0.05) is 12.1 Å². The minimum Gasteiger partial charge on any atom is -0.497 e. The van der Waals surface area contributed by atoms with Crippen molar-refractivity contribution in [3.8, 4) is 11.5 Å². The van der Waals surface area contributed by atoms with E-state index in [9.17, 15) is 5.11 Å². The van der Waals surface area contributed by atoms with Crippen molar-refractivity contribution in [2.75, 3.05) is 7.11 Å². The van der Waals surface area contributed by atoms with Crippen molar-refractivity contribution in [3.05, 3.63) is 53.3 Å². The Morgan fingerprint density at radius 1 is 1.15 bits per heavy atom. The zero-order valence-electron chi connectivity index (χ0n) is 12.0. The molecule has 0 fully saturated rings. The molecule has 0 spiro atoms. The Kier molecular flexibility index (Phi) is 4.58. The first kappa shape index (κ1) is 14.3. The Labute approximate surface area is 119 Å². The van der Waals surface area contributed by atoms with Gasteiger partial charge in [-0.2, -0.15) is 0 Å². The summed E-state index contributed by atoms with van der Waals surface area (Å²) >= 11 is 0. The highest BCUT2D eigenvalue weighted by atomic mass is 16.5. The molecule has 1 unspecified atom stereocenters. The summed E-state index contributed by atoms with van der Waals surface area (Å²) in [5.41, 5.74) is 2.58. The van der Waals surface area contributed by atoms with Crippen LogP contribution in [0.25, 0.3) is 0 Å². The number of rotatable bonds is 5.